The maximum atomic E-state index is 11.9. The zero-order valence-corrected chi connectivity index (χ0v) is 10.4. The Kier molecular flexibility index (Phi) is 3.65. The molecule has 1 heterocycles. The normalized spacial score (nSPS) is 21.1. The first-order valence-corrected chi connectivity index (χ1v) is 6.20. The lowest BCUT2D eigenvalue weighted by Crippen LogP contribution is -2.30. The van der Waals surface area contributed by atoms with Gasteiger partial charge in [-0.15, -0.1) is 0 Å². The van der Waals surface area contributed by atoms with Gasteiger partial charge >= 0.3 is 5.97 Å². The molecule has 1 fully saturated rings. The molecule has 96 valence electrons. The number of rotatable bonds is 4. The summed E-state index contributed by atoms with van der Waals surface area (Å²) in [5, 5.41) is 8.99. The fourth-order valence-corrected chi connectivity index (χ4v) is 2.51. The van der Waals surface area contributed by atoms with Gasteiger partial charge < -0.3 is 10.0 Å². The number of benzene rings is 1. The van der Waals surface area contributed by atoms with E-state index in [-0.39, 0.29) is 18.4 Å². The molecule has 1 amide bonds. The Morgan fingerprint density at radius 1 is 1.44 bits per heavy atom. The van der Waals surface area contributed by atoms with Gasteiger partial charge in [0.25, 0.3) is 0 Å². The molecule has 4 nitrogen and oxygen atoms in total. The van der Waals surface area contributed by atoms with E-state index < -0.39 is 11.9 Å². The molecule has 0 saturated carbocycles. The van der Waals surface area contributed by atoms with Crippen LogP contribution in [0.25, 0.3) is 0 Å². The molecule has 2 atom stereocenters. The van der Waals surface area contributed by atoms with Crippen molar-refractivity contribution in [1.29, 1.82) is 0 Å². The van der Waals surface area contributed by atoms with Crippen LogP contribution in [0.15, 0.2) is 30.3 Å². The lowest BCUT2D eigenvalue weighted by atomic mass is 10.0. The van der Waals surface area contributed by atoms with Gasteiger partial charge in [0.15, 0.2) is 0 Å². The molecule has 0 aliphatic carbocycles. The van der Waals surface area contributed by atoms with Gasteiger partial charge in [-0.1, -0.05) is 37.3 Å². The molecular formula is C14H17NO3. The van der Waals surface area contributed by atoms with Crippen molar-refractivity contribution < 1.29 is 14.7 Å². The van der Waals surface area contributed by atoms with Gasteiger partial charge in [0.1, 0.15) is 0 Å². The van der Waals surface area contributed by atoms with Gasteiger partial charge in [-0.2, -0.15) is 0 Å². The molecule has 0 aromatic heterocycles. The lowest BCUT2D eigenvalue weighted by molar-refractivity contribution is -0.141. The van der Waals surface area contributed by atoms with E-state index in [1.165, 1.54) is 0 Å². The van der Waals surface area contributed by atoms with Gasteiger partial charge in [0.2, 0.25) is 5.91 Å². The zero-order chi connectivity index (χ0) is 13.1. The molecule has 1 saturated heterocycles. The van der Waals surface area contributed by atoms with Crippen LogP contribution in [0.2, 0.25) is 0 Å². The molecule has 18 heavy (non-hydrogen) atoms. The van der Waals surface area contributed by atoms with E-state index >= 15 is 0 Å². The number of carboxylic acid groups (broad SMARTS) is 1. The van der Waals surface area contributed by atoms with E-state index in [1.54, 1.807) is 4.90 Å². The number of likely N-dealkylation sites (tertiary alicyclic amines) is 1. The highest BCUT2D eigenvalue weighted by molar-refractivity contribution is 5.86. The molecule has 0 unspecified atom stereocenters. The highest BCUT2D eigenvalue weighted by Crippen LogP contribution is 2.30. The van der Waals surface area contributed by atoms with Crippen LogP contribution in [0.1, 0.15) is 31.4 Å². The van der Waals surface area contributed by atoms with Crippen LogP contribution in [-0.4, -0.2) is 28.4 Å². The number of carboxylic acids is 1. The van der Waals surface area contributed by atoms with E-state index in [2.05, 4.69) is 0 Å². The topological polar surface area (TPSA) is 57.6 Å². The van der Waals surface area contributed by atoms with E-state index in [0.29, 0.717) is 6.54 Å². The van der Waals surface area contributed by atoms with Gasteiger partial charge in [0, 0.05) is 13.0 Å². The van der Waals surface area contributed by atoms with Crippen molar-refractivity contribution >= 4 is 11.9 Å². The Hall–Kier alpha value is -1.84. The Bertz CT molecular complexity index is 444. The SMILES string of the molecule is CC[C@@H](c1ccccc1)N1C[C@@H](C(=O)O)CC1=O. The molecule has 0 radical (unpaired) electrons. The molecule has 0 bridgehead atoms. The fourth-order valence-electron chi connectivity index (χ4n) is 2.51. The summed E-state index contributed by atoms with van der Waals surface area (Å²) in [6.07, 6.45) is 0.917. The minimum atomic E-state index is -0.881. The quantitative estimate of drug-likeness (QED) is 0.886. The van der Waals surface area contributed by atoms with Gasteiger partial charge in [-0.05, 0) is 12.0 Å². The first-order valence-electron chi connectivity index (χ1n) is 6.20. The average molecular weight is 247 g/mol. The Balaban J connectivity index is 2.19. The molecule has 4 heteroatoms. The average Bonchev–Trinajstić information content (AvgIpc) is 2.74. The zero-order valence-electron chi connectivity index (χ0n) is 10.4. The predicted molar refractivity (Wildman–Crippen MR) is 66.9 cm³/mol. The third-order valence-corrected chi connectivity index (χ3v) is 3.45. The summed E-state index contributed by atoms with van der Waals surface area (Å²) in [6.45, 7) is 2.33. The number of nitrogens with zero attached hydrogens (tertiary/aromatic N) is 1. The van der Waals surface area contributed by atoms with Crippen molar-refractivity contribution in [2.75, 3.05) is 6.54 Å². The van der Waals surface area contributed by atoms with Crippen LogP contribution < -0.4 is 0 Å². The number of carbonyl (C=O) groups is 2. The summed E-state index contributed by atoms with van der Waals surface area (Å²) >= 11 is 0. The summed E-state index contributed by atoms with van der Waals surface area (Å²) in [6, 6.07) is 9.76. The molecular weight excluding hydrogens is 230 g/mol. The third-order valence-electron chi connectivity index (χ3n) is 3.45. The van der Waals surface area contributed by atoms with Crippen molar-refractivity contribution in [1.82, 2.24) is 4.90 Å². The third kappa shape index (κ3) is 2.37. The van der Waals surface area contributed by atoms with E-state index in [4.69, 9.17) is 5.11 Å². The molecule has 1 N–H and O–H groups in total. The summed E-state index contributed by atoms with van der Waals surface area (Å²) in [5.41, 5.74) is 1.07. The van der Waals surface area contributed by atoms with Crippen LogP contribution in [0.3, 0.4) is 0 Å². The number of amides is 1. The smallest absolute Gasteiger partial charge is 0.308 e. The number of hydrogen-bond donors (Lipinski definition) is 1. The minimum Gasteiger partial charge on any atom is -0.481 e. The van der Waals surface area contributed by atoms with Gasteiger partial charge in [-0.25, -0.2) is 0 Å². The van der Waals surface area contributed by atoms with Gasteiger partial charge in [0.05, 0.1) is 12.0 Å². The fraction of sp³-hybridized carbons (Fsp3) is 0.429. The van der Waals surface area contributed by atoms with Crippen LogP contribution in [-0.2, 0) is 9.59 Å². The van der Waals surface area contributed by atoms with E-state index in [0.717, 1.165) is 12.0 Å². The highest BCUT2D eigenvalue weighted by Gasteiger charge is 2.37. The summed E-state index contributed by atoms with van der Waals surface area (Å²) in [5.74, 6) is -1.50. The number of carbonyl (C=O) groups excluding carboxylic acids is 1. The van der Waals surface area contributed by atoms with E-state index in [1.807, 2.05) is 37.3 Å². The van der Waals surface area contributed by atoms with Crippen molar-refractivity contribution in [3.63, 3.8) is 0 Å². The summed E-state index contributed by atoms with van der Waals surface area (Å²) < 4.78 is 0. The Labute approximate surface area is 106 Å². The standard InChI is InChI=1S/C14H17NO3/c1-2-12(10-6-4-3-5-7-10)15-9-11(14(17)18)8-13(15)16/h3-7,11-12H,2,8-9H2,1H3,(H,17,18)/t11-,12-/m0/s1. The maximum Gasteiger partial charge on any atom is 0.308 e. The van der Waals surface area contributed by atoms with Crippen LogP contribution in [0.5, 0.6) is 0 Å². The number of aliphatic carboxylic acids is 1. The second-order valence-corrected chi connectivity index (χ2v) is 4.62. The molecule has 2 rings (SSSR count). The van der Waals surface area contributed by atoms with Gasteiger partial charge in [-0.3, -0.25) is 9.59 Å². The van der Waals surface area contributed by atoms with Crippen molar-refractivity contribution in [2.24, 2.45) is 5.92 Å². The highest BCUT2D eigenvalue weighted by atomic mass is 16.4. The molecule has 1 aliphatic rings. The van der Waals surface area contributed by atoms with Crippen LogP contribution in [0, 0.1) is 5.92 Å². The minimum absolute atomic E-state index is 0.0111. The molecule has 1 aliphatic heterocycles. The first kappa shape index (κ1) is 12.6. The van der Waals surface area contributed by atoms with Crippen LogP contribution >= 0.6 is 0 Å². The molecule has 0 spiro atoms. The number of hydrogen-bond acceptors (Lipinski definition) is 2. The van der Waals surface area contributed by atoms with Crippen molar-refractivity contribution in [3.05, 3.63) is 35.9 Å². The Morgan fingerprint density at radius 3 is 2.61 bits per heavy atom. The van der Waals surface area contributed by atoms with Crippen molar-refractivity contribution in [3.8, 4) is 0 Å². The summed E-state index contributed by atoms with van der Waals surface area (Å²) in [7, 11) is 0. The van der Waals surface area contributed by atoms with E-state index in [9.17, 15) is 9.59 Å². The first-order chi connectivity index (χ1) is 8.63. The van der Waals surface area contributed by atoms with Crippen molar-refractivity contribution in [2.45, 2.75) is 25.8 Å². The summed E-state index contributed by atoms with van der Waals surface area (Å²) in [4.78, 5) is 24.6. The second kappa shape index (κ2) is 5.21. The maximum absolute atomic E-state index is 11.9. The van der Waals surface area contributed by atoms with Crippen LogP contribution in [0.4, 0.5) is 0 Å². The lowest BCUT2D eigenvalue weighted by Gasteiger charge is -2.27. The largest absolute Gasteiger partial charge is 0.481 e. The monoisotopic (exact) mass is 247 g/mol. The predicted octanol–water partition coefficient (Wildman–Crippen LogP) is 2.07. The second-order valence-electron chi connectivity index (χ2n) is 4.62. The molecule has 1 aromatic rings. The molecule has 1 aromatic carbocycles. The Morgan fingerprint density at radius 2 is 2.11 bits per heavy atom.